The molecular weight excluding hydrogens is 337 g/mol. The third-order valence-electron chi connectivity index (χ3n) is 5.04. The molecule has 0 aliphatic heterocycles. The molecule has 25 heavy (non-hydrogen) atoms. The first kappa shape index (κ1) is 21.8. The van der Waals surface area contributed by atoms with Crippen molar-refractivity contribution in [1.82, 2.24) is 0 Å². The summed E-state index contributed by atoms with van der Waals surface area (Å²) in [7, 11) is 0. The topological polar surface area (TPSA) is 52.6 Å². The minimum atomic E-state index is -4.55. The largest absolute Gasteiger partial charge is 0.459 e. The van der Waals surface area contributed by atoms with Crippen LogP contribution in [0.15, 0.2) is 0 Å². The molecule has 0 N–H and O–H groups in total. The lowest BCUT2D eigenvalue weighted by Crippen LogP contribution is -2.38. The highest BCUT2D eigenvalue weighted by atomic mass is 19.4. The van der Waals surface area contributed by atoms with E-state index in [9.17, 15) is 22.8 Å². The fourth-order valence-corrected chi connectivity index (χ4v) is 2.78. The highest BCUT2D eigenvalue weighted by Gasteiger charge is 2.41. The van der Waals surface area contributed by atoms with Crippen LogP contribution < -0.4 is 0 Å². The van der Waals surface area contributed by atoms with Crippen LogP contribution in [0.4, 0.5) is 13.2 Å². The molecule has 1 aliphatic rings. The third-order valence-corrected chi connectivity index (χ3v) is 5.04. The second kappa shape index (κ2) is 8.41. The lowest BCUT2D eigenvalue weighted by Gasteiger charge is -2.33. The van der Waals surface area contributed by atoms with E-state index < -0.39 is 29.3 Å². The molecule has 0 heterocycles. The Morgan fingerprint density at radius 1 is 1.16 bits per heavy atom. The van der Waals surface area contributed by atoms with Gasteiger partial charge in [0.1, 0.15) is 5.60 Å². The van der Waals surface area contributed by atoms with E-state index in [1.807, 2.05) is 20.8 Å². The lowest BCUT2D eigenvalue weighted by atomic mass is 9.89. The van der Waals surface area contributed by atoms with Gasteiger partial charge in [0.05, 0.1) is 5.41 Å². The molecule has 0 bridgehead atoms. The first-order valence-electron chi connectivity index (χ1n) is 8.91. The predicted molar refractivity (Wildman–Crippen MR) is 86.8 cm³/mol. The van der Waals surface area contributed by atoms with Gasteiger partial charge in [-0.2, -0.15) is 13.2 Å². The Morgan fingerprint density at radius 2 is 1.72 bits per heavy atom. The molecule has 1 unspecified atom stereocenters. The molecule has 0 radical (unpaired) electrons. The van der Waals surface area contributed by atoms with Crippen molar-refractivity contribution < 1.29 is 32.2 Å². The van der Waals surface area contributed by atoms with Gasteiger partial charge >= 0.3 is 18.1 Å². The maximum Gasteiger partial charge on any atom is 0.425 e. The standard InChI is InChI=1S/C18H29F3O4/c1-5-16(3,4)15(23)25-17(10-6-7-11-17)12-8-9-14(22)24-13(2)18(19,20)21/h13H,5-12H2,1-4H3. The lowest BCUT2D eigenvalue weighted by molar-refractivity contribution is -0.216. The molecule has 1 atom stereocenters. The zero-order valence-electron chi connectivity index (χ0n) is 15.5. The molecule has 0 spiro atoms. The molecule has 1 fully saturated rings. The molecular formula is C18H29F3O4. The number of halogens is 3. The van der Waals surface area contributed by atoms with E-state index in [1.54, 1.807) is 0 Å². The van der Waals surface area contributed by atoms with E-state index in [4.69, 9.17) is 4.74 Å². The van der Waals surface area contributed by atoms with E-state index in [0.29, 0.717) is 19.3 Å². The molecule has 0 aromatic rings. The summed E-state index contributed by atoms with van der Waals surface area (Å²) in [5, 5.41) is 0. The van der Waals surface area contributed by atoms with Crippen LogP contribution in [0.5, 0.6) is 0 Å². The van der Waals surface area contributed by atoms with Gasteiger partial charge in [0.15, 0.2) is 6.10 Å². The number of hydrogen-bond acceptors (Lipinski definition) is 4. The van der Waals surface area contributed by atoms with Gasteiger partial charge in [0.25, 0.3) is 0 Å². The summed E-state index contributed by atoms with van der Waals surface area (Å²) in [6, 6.07) is 0. The van der Waals surface area contributed by atoms with Crippen LogP contribution in [0.1, 0.15) is 79.1 Å². The highest BCUT2D eigenvalue weighted by molar-refractivity contribution is 5.76. The summed E-state index contributed by atoms with van der Waals surface area (Å²) >= 11 is 0. The summed E-state index contributed by atoms with van der Waals surface area (Å²) in [4.78, 5) is 23.9. The first-order valence-corrected chi connectivity index (χ1v) is 8.91. The third kappa shape index (κ3) is 6.51. The number of rotatable bonds is 8. The molecule has 1 saturated carbocycles. The van der Waals surface area contributed by atoms with E-state index in [0.717, 1.165) is 32.6 Å². The monoisotopic (exact) mass is 366 g/mol. The summed E-state index contributed by atoms with van der Waals surface area (Å²) < 4.78 is 47.4. The molecule has 0 aromatic carbocycles. The molecule has 1 aliphatic carbocycles. The predicted octanol–water partition coefficient (Wildman–Crippen LogP) is 4.94. The molecule has 146 valence electrons. The first-order chi connectivity index (χ1) is 11.4. The number of hydrogen-bond donors (Lipinski definition) is 0. The Balaban J connectivity index is 2.54. The van der Waals surface area contributed by atoms with E-state index in [1.165, 1.54) is 0 Å². The zero-order chi connectivity index (χ0) is 19.3. The van der Waals surface area contributed by atoms with Crippen LogP contribution in [0.3, 0.4) is 0 Å². The second-order valence-corrected chi connectivity index (χ2v) is 7.54. The molecule has 0 saturated heterocycles. The fraction of sp³-hybridized carbons (Fsp3) is 0.889. The minimum absolute atomic E-state index is 0.114. The van der Waals surface area contributed by atoms with Crippen LogP contribution in [0.25, 0.3) is 0 Å². The Labute approximate surface area is 147 Å². The quantitative estimate of drug-likeness (QED) is 0.571. The normalized spacial score (nSPS) is 18.7. The SMILES string of the molecule is CCC(C)(C)C(=O)OC1(CCCC(=O)OC(C)C(F)(F)F)CCCC1. The van der Waals surface area contributed by atoms with Crippen molar-refractivity contribution >= 4 is 11.9 Å². The van der Waals surface area contributed by atoms with Gasteiger partial charge in [-0.1, -0.05) is 6.92 Å². The fourth-order valence-electron chi connectivity index (χ4n) is 2.78. The van der Waals surface area contributed by atoms with Crippen molar-refractivity contribution in [2.24, 2.45) is 5.41 Å². The average Bonchev–Trinajstić information content (AvgIpc) is 2.94. The summed E-state index contributed by atoms with van der Waals surface area (Å²) in [5.74, 6) is -1.14. The van der Waals surface area contributed by atoms with Gasteiger partial charge in [0, 0.05) is 6.42 Å². The Hall–Kier alpha value is -1.27. The highest BCUT2D eigenvalue weighted by Crippen LogP contribution is 2.39. The van der Waals surface area contributed by atoms with Crippen LogP contribution in [0, 0.1) is 5.41 Å². The van der Waals surface area contributed by atoms with E-state index in [-0.39, 0.29) is 12.4 Å². The summed E-state index contributed by atoms with van der Waals surface area (Å²) in [6.45, 7) is 6.38. The summed E-state index contributed by atoms with van der Waals surface area (Å²) in [5.41, 5.74) is -1.17. The summed E-state index contributed by atoms with van der Waals surface area (Å²) in [6.07, 6.45) is -1.98. The van der Waals surface area contributed by atoms with E-state index >= 15 is 0 Å². The Morgan fingerprint density at radius 3 is 2.20 bits per heavy atom. The number of carbonyl (C=O) groups is 2. The van der Waals surface area contributed by atoms with Gasteiger partial charge in [0.2, 0.25) is 0 Å². The van der Waals surface area contributed by atoms with Crippen molar-refractivity contribution in [3.63, 3.8) is 0 Å². The Kier molecular flexibility index (Phi) is 7.32. The number of carbonyl (C=O) groups excluding carboxylic acids is 2. The van der Waals surface area contributed by atoms with Gasteiger partial charge in [-0.15, -0.1) is 0 Å². The van der Waals surface area contributed by atoms with Crippen LogP contribution in [-0.4, -0.2) is 29.8 Å². The average molecular weight is 366 g/mol. The smallest absolute Gasteiger partial charge is 0.425 e. The van der Waals surface area contributed by atoms with Crippen molar-refractivity contribution in [2.45, 2.75) is 96.9 Å². The molecule has 0 aromatic heterocycles. The van der Waals surface area contributed by atoms with Crippen LogP contribution >= 0.6 is 0 Å². The van der Waals surface area contributed by atoms with Gasteiger partial charge in [-0.05, 0) is 65.7 Å². The van der Waals surface area contributed by atoms with Gasteiger partial charge in [-0.3, -0.25) is 9.59 Å². The molecule has 0 amide bonds. The zero-order valence-corrected chi connectivity index (χ0v) is 15.5. The van der Waals surface area contributed by atoms with Crippen LogP contribution in [0.2, 0.25) is 0 Å². The van der Waals surface area contributed by atoms with Gasteiger partial charge < -0.3 is 9.47 Å². The maximum absolute atomic E-state index is 12.4. The van der Waals surface area contributed by atoms with Crippen molar-refractivity contribution in [3.05, 3.63) is 0 Å². The molecule has 1 rings (SSSR count). The van der Waals surface area contributed by atoms with Crippen molar-refractivity contribution in [3.8, 4) is 0 Å². The van der Waals surface area contributed by atoms with Crippen LogP contribution in [-0.2, 0) is 19.1 Å². The molecule has 4 nitrogen and oxygen atoms in total. The van der Waals surface area contributed by atoms with Gasteiger partial charge in [-0.25, -0.2) is 0 Å². The van der Waals surface area contributed by atoms with Crippen molar-refractivity contribution in [2.75, 3.05) is 0 Å². The minimum Gasteiger partial charge on any atom is -0.459 e. The van der Waals surface area contributed by atoms with Crippen molar-refractivity contribution in [1.29, 1.82) is 0 Å². The maximum atomic E-state index is 12.4. The molecule has 7 heteroatoms. The second-order valence-electron chi connectivity index (χ2n) is 7.54. The number of esters is 2. The van der Waals surface area contributed by atoms with E-state index in [2.05, 4.69) is 4.74 Å². The number of alkyl halides is 3. The Bertz CT molecular complexity index is 465. The number of ether oxygens (including phenoxy) is 2.